The Morgan fingerprint density at radius 3 is 2.68 bits per heavy atom. The van der Waals surface area contributed by atoms with Crippen LogP contribution in [0.1, 0.15) is 22.3 Å². The molecule has 5 heteroatoms. The standard InChI is InChI=1S/C17H15BrO4/c1-20-12-4-2-11(3-5-12)10-22-15-7-6-13-14(19)8-9-21-17(13)16(15)18/h2-7H,8-10H2,1H3. The van der Waals surface area contributed by atoms with Crippen LogP contribution in [0.25, 0.3) is 0 Å². The second-order valence-corrected chi connectivity index (χ2v) is 5.71. The zero-order valence-electron chi connectivity index (χ0n) is 12.1. The molecule has 0 saturated heterocycles. The van der Waals surface area contributed by atoms with Crippen LogP contribution in [0.15, 0.2) is 40.9 Å². The van der Waals surface area contributed by atoms with E-state index < -0.39 is 0 Å². The molecule has 0 saturated carbocycles. The van der Waals surface area contributed by atoms with E-state index in [2.05, 4.69) is 15.9 Å². The van der Waals surface area contributed by atoms with E-state index in [0.29, 0.717) is 41.2 Å². The Bertz CT molecular complexity index is 695. The molecule has 4 nitrogen and oxygen atoms in total. The lowest BCUT2D eigenvalue weighted by molar-refractivity contribution is 0.0932. The Balaban J connectivity index is 1.76. The van der Waals surface area contributed by atoms with Crippen molar-refractivity contribution in [1.29, 1.82) is 0 Å². The third kappa shape index (κ3) is 2.95. The Kier molecular flexibility index (Phi) is 4.34. The number of carbonyl (C=O) groups is 1. The number of ketones is 1. The summed E-state index contributed by atoms with van der Waals surface area (Å²) < 4.78 is 17.2. The summed E-state index contributed by atoms with van der Waals surface area (Å²) >= 11 is 3.47. The number of methoxy groups -OCH3 is 1. The van der Waals surface area contributed by atoms with Crippen LogP contribution in [0.2, 0.25) is 0 Å². The molecule has 1 aliphatic heterocycles. The maximum atomic E-state index is 11.8. The van der Waals surface area contributed by atoms with Crippen LogP contribution in [0, 0.1) is 0 Å². The van der Waals surface area contributed by atoms with E-state index in [0.717, 1.165) is 11.3 Å². The highest BCUT2D eigenvalue weighted by Gasteiger charge is 2.23. The lowest BCUT2D eigenvalue weighted by Crippen LogP contribution is -2.15. The predicted molar refractivity (Wildman–Crippen MR) is 85.9 cm³/mol. The van der Waals surface area contributed by atoms with Gasteiger partial charge in [-0.15, -0.1) is 0 Å². The molecule has 0 aliphatic carbocycles. The van der Waals surface area contributed by atoms with Gasteiger partial charge in [-0.25, -0.2) is 0 Å². The van der Waals surface area contributed by atoms with E-state index in [-0.39, 0.29) is 5.78 Å². The maximum Gasteiger partial charge on any atom is 0.170 e. The molecule has 0 N–H and O–H groups in total. The third-order valence-corrected chi connectivity index (χ3v) is 4.24. The summed E-state index contributed by atoms with van der Waals surface area (Å²) in [6, 6.07) is 11.2. The molecule has 0 amide bonds. The molecule has 0 fully saturated rings. The van der Waals surface area contributed by atoms with Gasteiger partial charge in [0.1, 0.15) is 28.3 Å². The molecule has 0 atom stereocenters. The fourth-order valence-corrected chi connectivity index (χ4v) is 2.85. The highest BCUT2D eigenvalue weighted by Crippen LogP contribution is 2.40. The van der Waals surface area contributed by atoms with E-state index in [1.165, 1.54) is 0 Å². The van der Waals surface area contributed by atoms with Gasteiger partial charge in [-0.1, -0.05) is 12.1 Å². The van der Waals surface area contributed by atoms with Crippen LogP contribution < -0.4 is 14.2 Å². The van der Waals surface area contributed by atoms with Crippen molar-refractivity contribution >= 4 is 21.7 Å². The van der Waals surface area contributed by atoms with Crippen molar-refractivity contribution in [3.05, 3.63) is 52.0 Å². The van der Waals surface area contributed by atoms with Gasteiger partial charge in [0.25, 0.3) is 0 Å². The van der Waals surface area contributed by atoms with Crippen molar-refractivity contribution in [2.45, 2.75) is 13.0 Å². The Labute approximate surface area is 137 Å². The largest absolute Gasteiger partial charge is 0.497 e. The lowest BCUT2D eigenvalue weighted by atomic mass is 10.1. The molecule has 114 valence electrons. The fraction of sp³-hybridized carbons (Fsp3) is 0.235. The Morgan fingerprint density at radius 2 is 1.95 bits per heavy atom. The van der Waals surface area contributed by atoms with Gasteiger partial charge in [0.15, 0.2) is 5.78 Å². The van der Waals surface area contributed by atoms with Crippen molar-refractivity contribution in [1.82, 2.24) is 0 Å². The summed E-state index contributed by atoms with van der Waals surface area (Å²) in [4.78, 5) is 11.8. The topological polar surface area (TPSA) is 44.8 Å². The maximum absolute atomic E-state index is 11.8. The van der Waals surface area contributed by atoms with Crippen LogP contribution in [-0.2, 0) is 6.61 Å². The SMILES string of the molecule is COc1ccc(COc2ccc3c(c2Br)OCCC3=O)cc1. The molecular weight excluding hydrogens is 348 g/mol. The first-order valence-corrected chi connectivity index (χ1v) is 7.72. The van der Waals surface area contributed by atoms with E-state index in [4.69, 9.17) is 14.2 Å². The van der Waals surface area contributed by atoms with Crippen molar-refractivity contribution in [2.24, 2.45) is 0 Å². The minimum atomic E-state index is 0.101. The van der Waals surface area contributed by atoms with Gasteiger partial charge < -0.3 is 14.2 Å². The first-order valence-electron chi connectivity index (χ1n) is 6.93. The Morgan fingerprint density at radius 1 is 1.18 bits per heavy atom. The number of carbonyl (C=O) groups excluding carboxylic acids is 1. The van der Waals surface area contributed by atoms with Gasteiger partial charge in [0.05, 0.1) is 19.3 Å². The monoisotopic (exact) mass is 362 g/mol. The highest BCUT2D eigenvalue weighted by atomic mass is 79.9. The molecule has 0 aromatic heterocycles. The smallest absolute Gasteiger partial charge is 0.170 e. The zero-order valence-corrected chi connectivity index (χ0v) is 13.7. The summed E-state index contributed by atoms with van der Waals surface area (Å²) in [5, 5.41) is 0. The van der Waals surface area contributed by atoms with Crippen LogP contribution in [0.5, 0.6) is 17.2 Å². The molecule has 1 aliphatic rings. The molecule has 0 spiro atoms. The summed E-state index contributed by atoms with van der Waals surface area (Å²) in [5.74, 6) is 2.14. The highest BCUT2D eigenvalue weighted by molar-refractivity contribution is 9.10. The fourth-order valence-electron chi connectivity index (χ4n) is 2.27. The minimum Gasteiger partial charge on any atom is -0.497 e. The first-order chi connectivity index (χ1) is 10.7. The summed E-state index contributed by atoms with van der Waals surface area (Å²) in [6.45, 7) is 0.835. The molecule has 2 aromatic carbocycles. The van der Waals surface area contributed by atoms with Crippen LogP contribution in [0.4, 0.5) is 0 Å². The molecule has 0 radical (unpaired) electrons. The number of fused-ring (bicyclic) bond motifs is 1. The third-order valence-electron chi connectivity index (χ3n) is 3.49. The zero-order chi connectivity index (χ0) is 15.5. The second-order valence-electron chi connectivity index (χ2n) is 4.91. The number of hydrogen-bond acceptors (Lipinski definition) is 4. The predicted octanol–water partition coefficient (Wildman–Crippen LogP) is 4.00. The van der Waals surface area contributed by atoms with Crippen LogP contribution in [0.3, 0.4) is 0 Å². The van der Waals surface area contributed by atoms with Crippen molar-refractivity contribution in [3.63, 3.8) is 0 Å². The molecular formula is C17H15BrO4. The quantitative estimate of drug-likeness (QED) is 0.824. The van der Waals surface area contributed by atoms with Gasteiger partial charge >= 0.3 is 0 Å². The average Bonchev–Trinajstić information content (AvgIpc) is 2.55. The number of hydrogen-bond donors (Lipinski definition) is 0. The normalized spacial score (nSPS) is 13.3. The number of Topliss-reactive ketones (excluding diaryl/α,β-unsaturated/α-hetero) is 1. The van der Waals surface area contributed by atoms with Gasteiger partial charge in [0, 0.05) is 6.42 Å². The molecule has 0 bridgehead atoms. The van der Waals surface area contributed by atoms with Crippen molar-refractivity contribution < 1.29 is 19.0 Å². The number of ether oxygens (including phenoxy) is 3. The van der Waals surface area contributed by atoms with Gasteiger partial charge in [-0.2, -0.15) is 0 Å². The average molecular weight is 363 g/mol. The van der Waals surface area contributed by atoms with Crippen LogP contribution >= 0.6 is 15.9 Å². The summed E-state index contributed by atoms with van der Waals surface area (Å²) in [7, 11) is 1.64. The summed E-state index contributed by atoms with van der Waals surface area (Å²) in [6.07, 6.45) is 0.422. The van der Waals surface area contributed by atoms with Gasteiger partial charge in [-0.05, 0) is 45.8 Å². The molecule has 3 rings (SSSR count). The number of benzene rings is 2. The molecule has 22 heavy (non-hydrogen) atoms. The Hall–Kier alpha value is -2.01. The van der Waals surface area contributed by atoms with E-state index in [1.807, 2.05) is 24.3 Å². The van der Waals surface area contributed by atoms with E-state index >= 15 is 0 Å². The number of rotatable bonds is 4. The lowest BCUT2D eigenvalue weighted by Gasteiger charge is -2.19. The minimum absolute atomic E-state index is 0.101. The molecule has 0 unspecified atom stereocenters. The van der Waals surface area contributed by atoms with Crippen LogP contribution in [-0.4, -0.2) is 19.5 Å². The van der Waals surface area contributed by atoms with Gasteiger partial charge in [-0.3, -0.25) is 4.79 Å². The van der Waals surface area contributed by atoms with E-state index in [9.17, 15) is 4.79 Å². The summed E-state index contributed by atoms with van der Waals surface area (Å²) in [5.41, 5.74) is 1.64. The second kappa shape index (κ2) is 6.40. The van der Waals surface area contributed by atoms with Gasteiger partial charge in [0.2, 0.25) is 0 Å². The molecule has 1 heterocycles. The van der Waals surface area contributed by atoms with Crippen molar-refractivity contribution in [2.75, 3.05) is 13.7 Å². The number of halogens is 1. The molecule has 2 aromatic rings. The first kappa shape index (κ1) is 14.9. The van der Waals surface area contributed by atoms with E-state index in [1.54, 1.807) is 19.2 Å². The van der Waals surface area contributed by atoms with Crippen molar-refractivity contribution in [3.8, 4) is 17.2 Å².